The Kier molecular flexibility index (Phi) is 7.50. The molecule has 1 N–H and O–H groups in total. The van der Waals surface area contributed by atoms with Crippen LogP contribution in [0.4, 0.5) is 0 Å². The zero-order valence-corrected chi connectivity index (χ0v) is 16.5. The highest BCUT2D eigenvalue weighted by Gasteiger charge is 2.36. The summed E-state index contributed by atoms with van der Waals surface area (Å²) in [5.74, 6) is 1.46. The molecule has 0 bridgehead atoms. The van der Waals surface area contributed by atoms with Crippen molar-refractivity contribution < 1.29 is 19.2 Å². The van der Waals surface area contributed by atoms with E-state index in [1.807, 2.05) is 13.0 Å². The highest BCUT2D eigenvalue weighted by atomic mass is 16.5. The molecule has 0 spiro atoms. The topological polar surface area (TPSA) is 88.7 Å². The fourth-order valence-corrected chi connectivity index (χ4v) is 2.98. The quantitative estimate of drug-likeness (QED) is 0.820. The lowest BCUT2D eigenvalue weighted by atomic mass is 9.87. The van der Waals surface area contributed by atoms with Gasteiger partial charge in [-0.2, -0.15) is 4.98 Å². The van der Waals surface area contributed by atoms with E-state index < -0.39 is 0 Å². The van der Waals surface area contributed by atoms with Crippen LogP contribution < -0.4 is 0 Å². The summed E-state index contributed by atoms with van der Waals surface area (Å²) in [7, 11) is 0. The van der Waals surface area contributed by atoms with Crippen LogP contribution in [0, 0.1) is 5.41 Å². The largest absolute Gasteiger partial charge is 0.483 e. The fraction of sp³-hybridized carbons (Fsp3) is 0.550. The Hall–Kier alpha value is -2.25. The summed E-state index contributed by atoms with van der Waals surface area (Å²) >= 11 is 0. The number of ether oxygens (including phenoxy) is 1. The van der Waals surface area contributed by atoms with Crippen LogP contribution in [-0.2, 0) is 22.5 Å². The normalized spacial score (nSPS) is 20.6. The van der Waals surface area contributed by atoms with Crippen LogP contribution in [-0.4, -0.2) is 45.8 Å². The summed E-state index contributed by atoms with van der Waals surface area (Å²) in [6, 6.07) is 10.4. The van der Waals surface area contributed by atoms with E-state index in [1.165, 1.54) is 5.56 Å². The van der Waals surface area contributed by atoms with Gasteiger partial charge in [-0.1, -0.05) is 63.2 Å². The molecule has 1 aliphatic heterocycles. The van der Waals surface area contributed by atoms with Gasteiger partial charge in [-0.15, -0.1) is 0 Å². The van der Waals surface area contributed by atoms with Gasteiger partial charge in [-0.3, -0.25) is 9.69 Å². The highest BCUT2D eigenvalue weighted by Crippen LogP contribution is 2.33. The van der Waals surface area contributed by atoms with Crippen molar-refractivity contribution in [3.63, 3.8) is 0 Å². The van der Waals surface area contributed by atoms with Crippen molar-refractivity contribution in [2.75, 3.05) is 13.1 Å². The molecule has 148 valence electrons. The molecule has 1 fully saturated rings. The molecule has 0 amide bonds. The molecular formula is C20H29N3O4. The molecule has 0 unspecified atom stereocenters. The van der Waals surface area contributed by atoms with Crippen molar-refractivity contribution in [2.24, 2.45) is 5.41 Å². The van der Waals surface area contributed by atoms with E-state index in [2.05, 4.69) is 60.1 Å². The summed E-state index contributed by atoms with van der Waals surface area (Å²) < 4.78 is 11.7. The predicted molar refractivity (Wildman–Crippen MR) is 101 cm³/mol. The van der Waals surface area contributed by atoms with Gasteiger partial charge in [0.2, 0.25) is 5.89 Å². The number of rotatable bonds is 4. The number of carbonyl (C=O) groups is 1. The molecule has 1 aliphatic rings. The molecule has 2 aromatic rings. The molecule has 0 aliphatic carbocycles. The molecule has 1 saturated heterocycles. The van der Waals surface area contributed by atoms with E-state index in [0.29, 0.717) is 12.4 Å². The van der Waals surface area contributed by atoms with Gasteiger partial charge < -0.3 is 14.4 Å². The first-order chi connectivity index (χ1) is 12.9. The Bertz CT molecular complexity index is 697. The second-order valence-corrected chi connectivity index (χ2v) is 7.65. The lowest BCUT2D eigenvalue weighted by molar-refractivity contribution is -0.131. The molecule has 7 heteroatoms. The average Bonchev–Trinajstić information content (AvgIpc) is 3.10. The third-order valence-corrected chi connectivity index (χ3v) is 4.49. The van der Waals surface area contributed by atoms with Crippen LogP contribution in [0.1, 0.15) is 51.1 Å². The standard InChI is InChI=1S/C19H27N3O2.CH2O2/c1-5-18-20-17(21-24-18)13-22-11-15(14-9-7-6-8-10-14)23-16(12-22)19(2,3)4;2-1-3/h6-10,15-16H,5,11-13H2,1-4H3;1H,(H,2,3)/t15-,16+;/m0./s1. The van der Waals surface area contributed by atoms with Crippen LogP contribution in [0.25, 0.3) is 0 Å². The van der Waals surface area contributed by atoms with Crippen LogP contribution in [0.3, 0.4) is 0 Å². The second-order valence-electron chi connectivity index (χ2n) is 7.65. The van der Waals surface area contributed by atoms with Crippen LogP contribution in [0.2, 0.25) is 0 Å². The van der Waals surface area contributed by atoms with E-state index in [4.69, 9.17) is 19.2 Å². The van der Waals surface area contributed by atoms with Gasteiger partial charge in [0.05, 0.1) is 18.8 Å². The lowest BCUT2D eigenvalue weighted by Gasteiger charge is -2.43. The SMILES string of the molecule is CCc1nc(CN2C[C@@H](c3ccccc3)O[C@@H](C(C)(C)C)C2)no1.O=CO. The van der Waals surface area contributed by atoms with Gasteiger partial charge in [-0.05, 0) is 11.0 Å². The van der Waals surface area contributed by atoms with Crippen molar-refractivity contribution in [1.82, 2.24) is 15.0 Å². The van der Waals surface area contributed by atoms with Crippen LogP contribution in [0.5, 0.6) is 0 Å². The molecule has 0 saturated carbocycles. The summed E-state index contributed by atoms with van der Waals surface area (Å²) in [6.07, 6.45) is 1.00. The summed E-state index contributed by atoms with van der Waals surface area (Å²) in [4.78, 5) is 15.2. The molecule has 1 aromatic carbocycles. The molecule has 0 radical (unpaired) electrons. The second kappa shape index (κ2) is 9.62. The maximum atomic E-state index is 8.36. The molecule has 7 nitrogen and oxygen atoms in total. The fourth-order valence-electron chi connectivity index (χ4n) is 2.98. The van der Waals surface area contributed by atoms with Crippen LogP contribution >= 0.6 is 0 Å². The molecule has 2 atom stereocenters. The summed E-state index contributed by atoms with van der Waals surface area (Å²) in [5, 5.41) is 11.0. The van der Waals surface area contributed by atoms with E-state index in [-0.39, 0.29) is 24.1 Å². The Balaban J connectivity index is 0.000000817. The number of nitrogens with zero attached hydrogens (tertiary/aromatic N) is 3. The van der Waals surface area contributed by atoms with E-state index >= 15 is 0 Å². The molecule has 27 heavy (non-hydrogen) atoms. The van der Waals surface area contributed by atoms with Gasteiger partial charge >= 0.3 is 0 Å². The zero-order valence-electron chi connectivity index (χ0n) is 16.5. The summed E-state index contributed by atoms with van der Waals surface area (Å²) in [5.41, 5.74) is 1.30. The predicted octanol–water partition coefficient (Wildman–Crippen LogP) is 3.32. The van der Waals surface area contributed by atoms with Crippen LogP contribution in [0.15, 0.2) is 34.9 Å². The Morgan fingerprint density at radius 2 is 1.93 bits per heavy atom. The Labute approximate surface area is 160 Å². The number of aryl methyl sites for hydroxylation is 1. The molecule has 2 heterocycles. The van der Waals surface area contributed by atoms with Gasteiger partial charge in [0.15, 0.2) is 5.82 Å². The van der Waals surface area contributed by atoms with Gasteiger partial charge in [0.25, 0.3) is 6.47 Å². The third-order valence-electron chi connectivity index (χ3n) is 4.49. The molecule has 3 rings (SSSR count). The van der Waals surface area contributed by atoms with E-state index in [1.54, 1.807) is 0 Å². The number of carboxylic acid groups (broad SMARTS) is 1. The minimum atomic E-state index is -0.250. The van der Waals surface area contributed by atoms with Crippen molar-refractivity contribution in [3.8, 4) is 0 Å². The maximum absolute atomic E-state index is 8.36. The number of hydrogen-bond acceptors (Lipinski definition) is 6. The van der Waals surface area contributed by atoms with Gasteiger partial charge in [-0.25, -0.2) is 0 Å². The Morgan fingerprint density at radius 1 is 1.26 bits per heavy atom. The monoisotopic (exact) mass is 375 g/mol. The van der Waals surface area contributed by atoms with Crippen molar-refractivity contribution in [3.05, 3.63) is 47.6 Å². The summed E-state index contributed by atoms with van der Waals surface area (Å²) in [6.45, 7) is 10.9. The molecule has 1 aromatic heterocycles. The molecular weight excluding hydrogens is 346 g/mol. The first-order valence-corrected chi connectivity index (χ1v) is 9.19. The van der Waals surface area contributed by atoms with E-state index in [9.17, 15) is 0 Å². The minimum Gasteiger partial charge on any atom is -0.483 e. The zero-order chi connectivity index (χ0) is 19.9. The number of hydrogen-bond donors (Lipinski definition) is 1. The highest BCUT2D eigenvalue weighted by molar-refractivity contribution is 5.32. The third kappa shape index (κ3) is 6.15. The number of benzene rings is 1. The van der Waals surface area contributed by atoms with E-state index in [0.717, 1.165) is 25.3 Å². The Morgan fingerprint density at radius 3 is 2.48 bits per heavy atom. The van der Waals surface area contributed by atoms with Gasteiger partial charge in [0.1, 0.15) is 0 Å². The lowest BCUT2D eigenvalue weighted by Crippen LogP contribution is -2.48. The maximum Gasteiger partial charge on any atom is 0.290 e. The number of morpholine rings is 1. The average molecular weight is 375 g/mol. The minimum absolute atomic E-state index is 0.0710. The smallest absolute Gasteiger partial charge is 0.290 e. The van der Waals surface area contributed by atoms with Crippen molar-refractivity contribution in [1.29, 1.82) is 0 Å². The van der Waals surface area contributed by atoms with Crippen molar-refractivity contribution in [2.45, 2.75) is 52.9 Å². The first kappa shape index (κ1) is 21.1. The first-order valence-electron chi connectivity index (χ1n) is 9.19. The number of aromatic nitrogens is 2. The van der Waals surface area contributed by atoms with Crippen molar-refractivity contribution >= 4 is 6.47 Å². The van der Waals surface area contributed by atoms with Gasteiger partial charge in [0, 0.05) is 19.5 Å².